The average molecular weight is 260 g/mol. The molecular formula is C15H20N2S. The second-order valence-corrected chi connectivity index (χ2v) is 6.50. The standard InChI is InChI=1S/C15H20N2S/c1-15(2,3)14-17-10-13(18-14)12-8-6-5-7-11(12)9-16-4/h5-8,10,16H,9H2,1-4H3. The number of hydrogen-bond acceptors (Lipinski definition) is 3. The van der Waals surface area contributed by atoms with E-state index in [-0.39, 0.29) is 5.41 Å². The summed E-state index contributed by atoms with van der Waals surface area (Å²) in [6, 6.07) is 8.52. The van der Waals surface area contributed by atoms with Crippen LogP contribution in [-0.2, 0) is 12.0 Å². The first-order valence-electron chi connectivity index (χ1n) is 6.21. The van der Waals surface area contributed by atoms with Crippen LogP contribution in [0.3, 0.4) is 0 Å². The van der Waals surface area contributed by atoms with E-state index in [9.17, 15) is 0 Å². The third-order valence-corrected chi connectivity index (χ3v) is 4.25. The molecule has 1 aromatic heterocycles. The van der Waals surface area contributed by atoms with Crippen molar-refractivity contribution in [1.82, 2.24) is 10.3 Å². The summed E-state index contributed by atoms with van der Waals surface area (Å²) in [6.45, 7) is 7.50. The van der Waals surface area contributed by atoms with Crippen molar-refractivity contribution in [3.8, 4) is 10.4 Å². The minimum atomic E-state index is 0.126. The van der Waals surface area contributed by atoms with E-state index in [1.165, 1.54) is 21.0 Å². The maximum absolute atomic E-state index is 4.56. The van der Waals surface area contributed by atoms with Gasteiger partial charge in [-0.3, -0.25) is 0 Å². The molecule has 1 aromatic carbocycles. The Morgan fingerprint density at radius 2 is 1.94 bits per heavy atom. The summed E-state index contributed by atoms with van der Waals surface area (Å²) >= 11 is 1.79. The third-order valence-electron chi connectivity index (χ3n) is 2.80. The minimum absolute atomic E-state index is 0.126. The Balaban J connectivity index is 2.40. The number of hydrogen-bond donors (Lipinski definition) is 1. The highest BCUT2D eigenvalue weighted by Gasteiger charge is 2.19. The van der Waals surface area contributed by atoms with Crippen LogP contribution in [0.15, 0.2) is 30.5 Å². The number of thiazole rings is 1. The molecule has 0 saturated carbocycles. The summed E-state index contributed by atoms with van der Waals surface area (Å²) < 4.78 is 0. The topological polar surface area (TPSA) is 24.9 Å². The molecule has 18 heavy (non-hydrogen) atoms. The maximum Gasteiger partial charge on any atom is 0.0984 e. The predicted molar refractivity (Wildman–Crippen MR) is 79.0 cm³/mol. The number of benzene rings is 1. The van der Waals surface area contributed by atoms with Crippen LogP contribution in [0.1, 0.15) is 31.3 Å². The van der Waals surface area contributed by atoms with E-state index in [1.807, 2.05) is 13.2 Å². The third kappa shape index (κ3) is 2.79. The van der Waals surface area contributed by atoms with Crippen LogP contribution in [0.5, 0.6) is 0 Å². The number of nitrogens with zero attached hydrogens (tertiary/aromatic N) is 1. The van der Waals surface area contributed by atoms with Crippen LogP contribution in [0.25, 0.3) is 10.4 Å². The second-order valence-electron chi connectivity index (χ2n) is 5.47. The van der Waals surface area contributed by atoms with E-state index >= 15 is 0 Å². The number of nitrogens with one attached hydrogen (secondary N) is 1. The molecule has 1 N–H and O–H groups in total. The molecule has 3 heteroatoms. The van der Waals surface area contributed by atoms with E-state index in [2.05, 4.69) is 55.3 Å². The van der Waals surface area contributed by atoms with Gasteiger partial charge in [0.05, 0.1) is 9.88 Å². The SMILES string of the molecule is CNCc1ccccc1-c1cnc(C(C)(C)C)s1. The summed E-state index contributed by atoms with van der Waals surface area (Å²) in [6.07, 6.45) is 2.00. The lowest BCUT2D eigenvalue weighted by molar-refractivity contribution is 0.585. The van der Waals surface area contributed by atoms with E-state index in [4.69, 9.17) is 0 Å². The van der Waals surface area contributed by atoms with Crippen LogP contribution < -0.4 is 5.32 Å². The maximum atomic E-state index is 4.56. The molecular weight excluding hydrogens is 240 g/mol. The molecule has 1 heterocycles. The highest BCUT2D eigenvalue weighted by atomic mass is 32.1. The summed E-state index contributed by atoms with van der Waals surface area (Å²) in [7, 11) is 1.98. The molecule has 0 bridgehead atoms. The normalized spacial score (nSPS) is 11.8. The molecule has 2 aromatic rings. The van der Waals surface area contributed by atoms with Gasteiger partial charge in [0.25, 0.3) is 0 Å². The quantitative estimate of drug-likeness (QED) is 0.907. The van der Waals surface area contributed by atoms with Gasteiger partial charge in [-0.25, -0.2) is 4.98 Å². The Kier molecular flexibility index (Phi) is 3.83. The average Bonchev–Trinajstić information content (AvgIpc) is 2.79. The molecule has 0 amide bonds. The fraction of sp³-hybridized carbons (Fsp3) is 0.400. The molecule has 0 aliphatic carbocycles. The second kappa shape index (κ2) is 5.21. The Hall–Kier alpha value is -1.19. The van der Waals surface area contributed by atoms with Gasteiger partial charge >= 0.3 is 0 Å². The van der Waals surface area contributed by atoms with Gasteiger partial charge in [-0.15, -0.1) is 11.3 Å². The van der Waals surface area contributed by atoms with Crippen LogP contribution in [0, 0.1) is 0 Å². The lowest BCUT2D eigenvalue weighted by Crippen LogP contribution is -2.09. The molecule has 0 fully saturated rings. The van der Waals surface area contributed by atoms with E-state index in [0.717, 1.165) is 6.54 Å². The minimum Gasteiger partial charge on any atom is -0.316 e. The van der Waals surface area contributed by atoms with E-state index in [0.29, 0.717) is 0 Å². The van der Waals surface area contributed by atoms with Crippen LogP contribution in [0.2, 0.25) is 0 Å². The Morgan fingerprint density at radius 1 is 1.22 bits per heavy atom. The van der Waals surface area contributed by atoms with Gasteiger partial charge in [0.1, 0.15) is 0 Å². The number of aromatic nitrogens is 1. The molecule has 0 saturated heterocycles. The Morgan fingerprint density at radius 3 is 2.56 bits per heavy atom. The van der Waals surface area contributed by atoms with E-state index in [1.54, 1.807) is 11.3 Å². The predicted octanol–water partition coefficient (Wildman–Crippen LogP) is 3.83. The fourth-order valence-corrected chi connectivity index (χ4v) is 2.89. The van der Waals surface area contributed by atoms with Gasteiger partial charge in [0.2, 0.25) is 0 Å². The summed E-state index contributed by atoms with van der Waals surface area (Å²) in [5.74, 6) is 0. The fourth-order valence-electron chi connectivity index (χ4n) is 1.85. The van der Waals surface area contributed by atoms with Gasteiger partial charge in [-0.1, -0.05) is 45.0 Å². The highest BCUT2D eigenvalue weighted by molar-refractivity contribution is 7.15. The Bertz CT molecular complexity index is 523. The highest BCUT2D eigenvalue weighted by Crippen LogP contribution is 2.34. The van der Waals surface area contributed by atoms with Crippen molar-refractivity contribution < 1.29 is 0 Å². The molecule has 2 rings (SSSR count). The zero-order chi connectivity index (χ0) is 13.2. The molecule has 0 aliphatic rings. The van der Waals surface area contributed by atoms with Crippen molar-refractivity contribution in [3.63, 3.8) is 0 Å². The monoisotopic (exact) mass is 260 g/mol. The van der Waals surface area contributed by atoms with Crippen molar-refractivity contribution in [1.29, 1.82) is 0 Å². The van der Waals surface area contributed by atoms with Gasteiger partial charge in [0, 0.05) is 18.2 Å². The summed E-state index contributed by atoms with van der Waals surface area (Å²) in [4.78, 5) is 5.82. The molecule has 0 spiro atoms. The van der Waals surface area contributed by atoms with Crippen molar-refractivity contribution in [2.24, 2.45) is 0 Å². The van der Waals surface area contributed by atoms with Crippen LogP contribution in [-0.4, -0.2) is 12.0 Å². The summed E-state index contributed by atoms with van der Waals surface area (Å²) in [5, 5.41) is 4.41. The van der Waals surface area contributed by atoms with Gasteiger partial charge in [-0.2, -0.15) is 0 Å². The van der Waals surface area contributed by atoms with Crippen molar-refractivity contribution in [3.05, 3.63) is 41.0 Å². The first-order valence-corrected chi connectivity index (χ1v) is 7.03. The largest absolute Gasteiger partial charge is 0.316 e. The van der Waals surface area contributed by atoms with Crippen LogP contribution in [0.4, 0.5) is 0 Å². The molecule has 0 atom stereocenters. The van der Waals surface area contributed by atoms with Crippen molar-refractivity contribution in [2.45, 2.75) is 32.7 Å². The van der Waals surface area contributed by atoms with Crippen molar-refractivity contribution >= 4 is 11.3 Å². The molecule has 0 unspecified atom stereocenters. The molecule has 96 valence electrons. The van der Waals surface area contributed by atoms with Gasteiger partial charge < -0.3 is 5.32 Å². The first kappa shape index (κ1) is 13.2. The smallest absolute Gasteiger partial charge is 0.0984 e. The van der Waals surface area contributed by atoms with Crippen molar-refractivity contribution in [2.75, 3.05) is 7.05 Å². The van der Waals surface area contributed by atoms with Gasteiger partial charge in [0.15, 0.2) is 0 Å². The van der Waals surface area contributed by atoms with E-state index < -0.39 is 0 Å². The van der Waals surface area contributed by atoms with Crippen LogP contribution >= 0.6 is 11.3 Å². The zero-order valence-electron chi connectivity index (χ0n) is 11.4. The lowest BCUT2D eigenvalue weighted by atomic mass is 9.98. The zero-order valence-corrected chi connectivity index (χ0v) is 12.3. The molecule has 2 nitrogen and oxygen atoms in total. The number of rotatable bonds is 3. The molecule has 0 radical (unpaired) electrons. The lowest BCUT2D eigenvalue weighted by Gasteiger charge is -2.13. The molecule has 0 aliphatic heterocycles. The van der Waals surface area contributed by atoms with Gasteiger partial charge in [-0.05, 0) is 18.2 Å². The summed E-state index contributed by atoms with van der Waals surface area (Å²) in [5.41, 5.74) is 2.74. The Labute approximate surface area is 113 Å². The first-order chi connectivity index (χ1) is 8.52.